The van der Waals surface area contributed by atoms with E-state index in [4.69, 9.17) is 9.97 Å². The Morgan fingerprint density at radius 3 is 1.00 bits per heavy atom. The lowest BCUT2D eigenvalue weighted by Gasteiger charge is -2.17. The first kappa shape index (κ1) is 56.9. The number of hydrogen-bond acceptors (Lipinski definition) is 2. The van der Waals surface area contributed by atoms with Gasteiger partial charge in [0.15, 0.2) is 0 Å². The fraction of sp³-hybridized carbons (Fsp3) is 0.0435. The van der Waals surface area contributed by atoms with Crippen molar-refractivity contribution in [3.63, 3.8) is 0 Å². The molecule has 0 bridgehead atoms. The molecule has 0 spiro atoms. The summed E-state index contributed by atoms with van der Waals surface area (Å²) in [5.41, 5.74) is 30.1. The van der Waals surface area contributed by atoms with Crippen LogP contribution in [0.25, 0.3) is 177 Å². The van der Waals surface area contributed by atoms with Crippen molar-refractivity contribution in [2.45, 2.75) is 27.7 Å². The predicted octanol–water partition coefficient (Wildman–Crippen LogP) is 24.1. The Balaban J connectivity index is 0.793. The van der Waals surface area contributed by atoms with Gasteiger partial charge in [0.05, 0.1) is 55.5 Å². The smallest absolute Gasteiger partial charge is 0.235 e. The van der Waals surface area contributed by atoms with Crippen LogP contribution in [0, 0.1) is 27.7 Å². The van der Waals surface area contributed by atoms with Crippen LogP contribution in [0.1, 0.15) is 22.3 Å². The molecule has 0 saturated heterocycles. The van der Waals surface area contributed by atoms with E-state index in [9.17, 15) is 0 Å². The number of aromatic nitrogens is 6. The summed E-state index contributed by atoms with van der Waals surface area (Å²) in [6.45, 7) is 8.74. The molecule has 0 fully saturated rings. The zero-order valence-electron chi connectivity index (χ0n) is 54.7. The number of para-hydroxylation sites is 6. The van der Waals surface area contributed by atoms with Gasteiger partial charge in [-0.3, -0.25) is 4.57 Å². The Labute approximate surface area is 567 Å². The zero-order valence-corrected chi connectivity index (χ0v) is 54.7. The largest absolute Gasteiger partial charge is 0.309 e. The molecule has 6 heteroatoms. The van der Waals surface area contributed by atoms with E-state index in [1.165, 1.54) is 93.3 Å². The molecular weight excluding hydrogens is 1190 g/mol. The van der Waals surface area contributed by atoms with Crippen molar-refractivity contribution in [1.82, 2.24) is 28.2 Å². The molecule has 19 aromatic rings. The fourth-order valence-electron chi connectivity index (χ4n) is 15.9. The van der Waals surface area contributed by atoms with Crippen molar-refractivity contribution in [3.05, 3.63) is 338 Å². The maximum Gasteiger partial charge on any atom is 0.235 e. The molecule has 5 heterocycles. The average molecular weight is 1250 g/mol. The van der Waals surface area contributed by atoms with Crippen LogP contribution in [0.4, 0.5) is 0 Å². The normalized spacial score (nSPS) is 11.9. The van der Waals surface area contributed by atoms with E-state index >= 15 is 0 Å². The molecule has 0 saturated carbocycles. The lowest BCUT2D eigenvalue weighted by atomic mass is 9.90. The van der Waals surface area contributed by atoms with Crippen LogP contribution in [0.15, 0.2) is 315 Å². The third kappa shape index (κ3) is 9.32. The molecule has 5 aromatic heterocycles. The number of rotatable bonds is 10. The van der Waals surface area contributed by atoms with E-state index < -0.39 is 0 Å². The Morgan fingerprint density at radius 1 is 0.194 bits per heavy atom. The summed E-state index contributed by atoms with van der Waals surface area (Å²) in [5, 5.41) is 9.54. The SMILES string of the molecule is Cc1cc(C)cc(-c2ccc(-c3cc(C)cc(C)c3)c(-c3cc(-c4cccc(-n5c6ccccc6c6cc(-c7ccc8c(c7)c7ccccc7n8-c7ccccc7)ccc65)c4)nc(-n4c5ccccc5c5cc(-c6ccc7c(c6)c6ccccc6n7-c6ccccc6)ccc54)n3)c2)c1. The molecule has 462 valence electrons. The summed E-state index contributed by atoms with van der Waals surface area (Å²) in [4.78, 5) is 11.6. The second-order valence-electron chi connectivity index (χ2n) is 26.5. The number of hydrogen-bond donors (Lipinski definition) is 0. The Morgan fingerprint density at radius 2 is 0.541 bits per heavy atom. The van der Waals surface area contributed by atoms with Crippen molar-refractivity contribution >= 4 is 87.2 Å². The highest BCUT2D eigenvalue weighted by atomic mass is 15.2. The second kappa shape index (κ2) is 22.5. The van der Waals surface area contributed by atoms with E-state index in [0.717, 1.165) is 100 Å². The molecule has 19 rings (SSSR count). The lowest BCUT2D eigenvalue weighted by Crippen LogP contribution is -2.05. The molecule has 14 aromatic carbocycles. The van der Waals surface area contributed by atoms with Crippen LogP contribution < -0.4 is 0 Å². The Bertz CT molecular complexity index is 6430. The molecule has 0 aliphatic carbocycles. The number of benzene rings is 14. The number of aryl methyl sites for hydroxylation is 4. The highest BCUT2D eigenvalue weighted by Gasteiger charge is 2.23. The minimum Gasteiger partial charge on any atom is -0.309 e. The first-order valence-electron chi connectivity index (χ1n) is 33.8. The first-order valence-corrected chi connectivity index (χ1v) is 33.8. The molecule has 0 N–H and O–H groups in total. The second-order valence-corrected chi connectivity index (χ2v) is 26.5. The molecule has 0 aliphatic rings. The van der Waals surface area contributed by atoms with Gasteiger partial charge >= 0.3 is 0 Å². The molecule has 0 atom stereocenters. The van der Waals surface area contributed by atoms with Crippen molar-refractivity contribution in [3.8, 4) is 90.0 Å². The number of fused-ring (bicyclic) bond motifs is 12. The molecule has 0 aliphatic heterocycles. The molecule has 0 amide bonds. The van der Waals surface area contributed by atoms with Gasteiger partial charge in [0.1, 0.15) is 0 Å². The van der Waals surface area contributed by atoms with Crippen LogP contribution in [0.5, 0.6) is 0 Å². The monoisotopic (exact) mass is 1250 g/mol. The van der Waals surface area contributed by atoms with Gasteiger partial charge in [-0.25, -0.2) is 9.97 Å². The van der Waals surface area contributed by atoms with Crippen LogP contribution in [-0.4, -0.2) is 28.2 Å². The molecule has 98 heavy (non-hydrogen) atoms. The van der Waals surface area contributed by atoms with E-state index in [1.807, 2.05) is 0 Å². The lowest BCUT2D eigenvalue weighted by molar-refractivity contribution is 0.995. The predicted molar refractivity (Wildman–Crippen MR) is 411 cm³/mol. The minimum absolute atomic E-state index is 0.590. The van der Waals surface area contributed by atoms with E-state index in [1.54, 1.807) is 0 Å². The van der Waals surface area contributed by atoms with E-state index in [2.05, 4.69) is 361 Å². The van der Waals surface area contributed by atoms with Gasteiger partial charge in [0.25, 0.3) is 0 Å². The highest BCUT2D eigenvalue weighted by molar-refractivity contribution is 6.15. The van der Waals surface area contributed by atoms with Crippen molar-refractivity contribution < 1.29 is 0 Å². The Hall–Kier alpha value is -12.6. The summed E-state index contributed by atoms with van der Waals surface area (Å²) in [6, 6.07) is 116. The minimum atomic E-state index is 0.590. The van der Waals surface area contributed by atoms with Crippen LogP contribution in [0.2, 0.25) is 0 Å². The van der Waals surface area contributed by atoms with Gasteiger partial charge in [0.2, 0.25) is 5.95 Å². The van der Waals surface area contributed by atoms with Crippen molar-refractivity contribution in [2.75, 3.05) is 0 Å². The maximum absolute atomic E-state index is 5.82. The molecule has 6 nitrogen and oxygen atoms in total. The maximum atomic E-state index is 5.82. The summed E-state index contributed by atoms with van der Waals surface area (Å²) in [5.74, 6) is 0.590. The van der Waals surface area contributed by atoms with Gasteiger partial charge in [0, 0.05) is 71.3 Å². The third-order valence-corrected chi connectivity index (χ3v) is 20.1. The molecule has 0 unspecified atom stereocenters. The summed E-state index contributed by atoms with van der Waals surface area (Å²) < 4.78 is 9.47. The fourth-order valence-corrected chi connectivity index (χ4v) is 15.9. The van der Waals surface area contributed by atoms with Gasteiger partial charge in [-0.05, 0) is 194 Å². The van der Waals surface area contributed by atoms with Crippen LogP contribution >= 0.6 is 0 Å². The van der Waals surface area contributed by atoms with Gasteiger partial charge in [-0.1, -0.05) is 216 Å². The average Bonchev–Trinajstić information content (AvgIpc) is 1.57. The first-order chi connectivity index (χ1) is 48.2. The van der Waals surface area contributed by atoms with E-state index in [0.29, 0.717) is 5.95 Å². The topological polar surface area (TPSA) is 45.5 Å². The molecular formula is C92H64N6. The summed E-state index contributed by atoms with van der Waals surface area (Å²) >= 11 is 0. The Kier molecular flexibility index (Phi) is 13.1. The van der Waals surface area contributed by atoms with Gasteiger partial charge in [-0.15, -0.1) is 0 Å². The number of nitrogens with zero attached hydrogens (tertiary/aromatic N) is 6. The van der Waals surface area contributed by atoms with Crippen molar-refractivity contribution in [2.24, 2.45) is 0 Å². The summed E-state index contributed by atoms with van der Waals surface area (Å²) in [6.07, 6.45) is 0. The highest BCUT2D eigenvalue weighted by Crippen LogP contribution is 2.44. The van der Waals surface area contributed by atoms with Crippen LogP contribution in [-0.2, 0) is 0 Å². The quantitative estimate of drug-likeness (QED) is 0.137. The third-order valence-electron chi connectivity index (χ3n) is 20.1. The van der Waals surface area contributed by atoms with Crippen molar-refractivity contribution in [1.29, 1.82) is 0 Å². The summed E-state index contributed by atoms with van der Waals surface area (Å²) in [7, 11) is 0. The molecule has 0 radical (unpaired) electrons. The zero-order chi connectivity index (χ0) is 65.3. The van der Waals surface area contributed by atoms with E-state index in [-0.39, 0.29) is 0 Å². The van der Waals surface area contributed by atoms with Crippen LogP contribution in [0.3, 0.4) is 0 Å². The standard InChI is InChI=1S/C92H64N6/c1-57-44-58(2)47-67(46-57)65-34-39-72(68-48-59(3)45-60(4)49-68)77(51-65)83-56-82(93-92(94-83)98-87-33-18-14-29-76(87)81-55-64(38-43-91(81)98)62-36-41-89-79(53-62)74-27-12-16-31-85(74)96(89)70-23-9-6-10-24-70)66-20-19-25-71(50-66)97-86-32-17-13-28-75(86)80-54-63(37-42-90(80)97)61-35-40-88-78(52-61)73-26-11-15-30-84(73)95(88)69-21-7-5-8-22-69/h5-56H,1-4H3. The van der Waals surface area contributed by atoms with Gasteiger partial charge < -0.3 is 13.7 Å². The van der Waals surface area contributed by atoms with Gasteiger partial charge in [-0.2, -0.15) is 0 Å².